The van der Waals surface area contributed by atoms with Crippen LogP contribution >= 0.6 is 0 Å². The van der Waals surface area contributed by atoms with Crippen molar-refractivity contribution in [2.45, 2.75) is 0 Å². The molecule has 1 amide bonds. The van der Waals surface area contributed by atoms with Gasteiger partial charge in [0.2, 0.25) is 5.95 Å². The second kappa shape index (κ2) is 5.34. The molecule has 19 heavy (non-hydrogen) atoms. The van der Waals surface area contributed by atoms with Crippen LogP contribution in [0.4, 0.5) is 15.8 Å². The summed E-state index contributed by atoms with van der Waals surface area (Å²) in [6, 6.07) is 7.32. The number of methoxy groups -OCH3 is 1. The summed E-state index contributed by atoms with van der Waals surface area (Å²) in [5.41, 5.74) is 6.77. The van der Waals surface area contributed by atoms with E-state index in [2.05, 4.69) is 10.3 Å². The predicted octanol–water partition coefficient (Wildman–Crippen LogP) is 2.06. The van der Waals surface area contributed by atoms with E-state index in [0.717, 1.165) is 6.07 Å². The molecule has 98 valence electrons. The lowest BCUT2D eigenvalue weighted by atomic mass is 10.1. The van der Waals surface area contributed by atoms with Crippen molar-refractivity contribution in [2.75, 3.05) is 18.2 Å². The van der Waals surface area contributed by atoms with Crippen LogP contribution < -0.4 is 15.8 Å². The standard InChI is InChI=1S/C13H12FN3O2/c1-19-11-4-2-8(15)6-10(11)13(18)17-9-3-5-12(14)16-7-9/h2-7H,15H2,1H3,(H,17,18). The molecule has 0 radical (unpaired) electrons. The first-order valence-electron chi connectivity index (χ1n) is 5.46. The first kappa shape index (κ1) is 12.8. The highest BCUT2D eigenvalue weighted by molar-refractivity contribution is 6.06. The van der Waals surface area contributed by atoms with Crippen molar-refractivity contribution in [3.63, 3.8) is 0 Å². The number of hydrogen-bond donors (Lipinski definition) is 2. The molecule has 1 aromatic heterocycles. The second-order valence-electron chi connectivity index (χ2n) is 3.78. The smallest absolute Gasteiger partial charge is 0.259 e. The lowest BCUT2D eigenvalue weighted by Crippen LogP contribution is -2.13. The van der Waals surface area contributed by atoms with Gasteiger partial charge in [0.15, 0.2) is 0 Å². The SMILES string of the molecule is COc1ccc(N)cc1C(=O)Nc1ccc(F)nc1. The molecule has 0 atom stereocenters. The molecule has 0 fully saturated rings. The second-order valence-corrected chi connectivity index (χ2v) is 3.78. The number of hydrogen-bond acceptors (Lipinski definition) is 4. The van der Waals surface area contributed by atoms with Crippen molar-refractivity contribution in [2.24, 2.45) is 0 Å². The van der Waals surface area contributed by atoms with Gasteiger partial charge >= 0.3 is 0 Å². The summed E-state index contributed by atoms with van der Waals surface area (Å²) >= 11 is 0. The maximum Gasteiger partial charge on any atom is 0.259 e. The average molecular weight is 261 g/mol. The summed E-state index contributed by atoms with van der Waals surface area (Å²) < 4.78 is 17.7. The van der Waals surface area contributed by atoms with Crippen LogP contribution in [0.3, 0.4) is 0 Å². The van der Waals surface area contributed by atoms with Crippen LogP contribution in [-0.4, -0.2) is 18.0 Å². The Morgan fingerprint density at radius 3 is 2.79 bits per heavy atom. The number of amides is 1. The van der Waals surface area contributed by atoms with Gasteiger partial charge in [0, 0.05) is 5.69 Å². The number of aromatic nitrogens is 1. The zero-order chi connectivity index (χ0) is 13.8. The van der Waals surface area contributed by atoms with Crippen molar-refractivity contribution in [3.8, 4) is 5.75 Å². The Morgan fingerprint density at radius 1 is 1.37 bits per heavy atom. The summed E-state index contributed by atoms with van der Waals surface area (Å²) in [4.78, 5) is 15.5. The van der Waals surface area contributed by atoms with Crippen LogP contribution in [0.25, 0.3) is 0 Å². The van der Waals surface area contributed by atoms with Gasteiger partial charge in [-0.1, -0.05) is 0 Å². The molecule has 0 aliphatic rings. The van der Waals surface area contributed by atoms with E-state index in [-0.39, 0.29) is 0 Å². The third kappa shape index (κ3) is 2.98. The largest absolute Gasteiger partial charge is 0.496 e. The number of carbonyl (C=O) groups is 1. The monoisotopic (exact) mass is 261 g/mol. The van der Waals surface area contributed by atoms with Crippen LogP contribution in [0.1, 0.15) is 10.4 Å². The Labute approximate surface area is 109 Å². The fourth-order valence-electron chi connectivity index (χ4n) is 1.55. The number of nitrogens with one attached hydrogen (secondary N) is 1. The van der Waals surface area contributed by atoms with E-state index in [1.54, 1.807) is 12.1 Å². The molecule has 0 aliphatic heterocycles. The molecule has 1 heterocycles. The minimum Gasteiger partial charge on any atom is -0.496 e. The highest BCUT2D eigenvalue weighted by atomic mass is 19.1. The van der Waals surface area contributed by atoms with E-state index in [9.17, 15) is 9.18 Å². The minimum atomic E-state index is -0.612. The summed E-state index contributed by atoms with van der Waals surface area (Å²) in [5.74, 6) is -0.612. The molecule has 1 aromatic carbocycles. The number of carbonyl (C=O) groups excluding carboxylic acids is 1. The molecular weight excluding hydrogens is 249 g/mol. The lowest BCUT2D eigenvalue weighted by molar-refractivity contribution is 0.102. The van der Waals surface area contributed by atoms with Gasteiger partial charge < -0.3 is 15.8 Å². The molecular formula is C13H12FN3O2. The van der Waals surface area contributed by atoms with Gasteiger partial charge in [-0.25, -0.2) is 4.98 Å². The zero-order valence-corrected chi connectivity index (χ0v) is 10.2. The summed E-state index contributed by atoms with van der Waals surface area (Å²) in [5, 5.41) is 2.58. The lowest BCUT2D eigenvalue weighted by Gasteiger charge is -2.09. The Kier molecular flexibility index (Phi) is 3.61. The number of nitrogens with zero attached hydrogens (tertiary/aromatic N) is 1. The number of anilines is 2. The van der Waals surface area contributed by atoms with E-state index >= 15 is 0 Å². The van der Waals surface area contributed by atoms with Crippen molar-refractivity contribution < 1.29 is 13.9 Å². The maximum absolute atomic E-state index is 12.7. The summed E-state index contributed by atoms with van der Waals surface area (Å²) in [6.07, 6.45) is 1.23. The Bertz CT molecular complexity index is 599. The van der Waals surface area contributed by atoms with Gasteiger partial charge in [-0.2, -0.15) is 4.39 Å². The molecule has 3 N–H and O–H groups in total. The number of nitrogen functional groups attached to an aromatic ring is 1. The van der Waals surface area contributed by atoms with E-state index < -0.39 is 11.9 Å². The van der Waals surface area contributed by atoms with Gasteiger partial charge in [0.1, 0.15) is 5.75 Å². The normalized spacial score (nSPS) is 10.0. The van der Waals surface area contributed by atoms with Crippen LogP contribution in [0.15, 0.2) is 36.5 Å². The van der Waals surface area contributed by atoms with E-state index in [1.165, 1.54) is 25.4 Å². The quantitative estimate of drug-likeness (QED) is 0.655. The molecule has 0 saturated carbocycles. The average Bonchev–Trinajstić information content (AvgIpc) is 2.41. The van der Waals surface area contributed by atoms with Crippen LogP contribution in [0.2, 0.25) is 0 Å². The number of benzene rings is 1. The Balaban J connectivity index is 2.24. The van der Waals surface area contributed by atoms with Crippen LogP contribution in [-0.2, 0) is 0 Å². The topological polar surface area (TPSA) is 77.2 Å². The zero-order valence-electron chi connectivity index (χ0n) is 10.2. The number of pyridine rings is 1. The number of ether oxygens (including phenoxy) is 1. The van der Waals surface area contributed by atoms with E-state index in [1.807, 2.05) is 0 Å². The molecule has 2 rings (SSSR count). The third-order valence-electron chi connectivity index (χ3n) is 2.45. The number of halogens is 1. The molecule has 2 aromatic rings. The molecule has 6 heteroatoms. The molecule has 0 unspecified atom stereocenters. The molecule has 0 saturated heterocycles. The molecule has 0 spiro atoms. The number of nitrogens with two attached hydrogens (primary N) is 1. The van der Waals surface area contributed by atoms with Gasteiger partial charge in [-0.15, -0.1) is 0 Å². The van der Waals surface area contributed by atoms with Gasteiger partial charge in [-0.3, -0.25) is 4.79 Å². The van der Waals surface area contributed by atoms with Gasteiger partial charge in [0.25, 0.3) is 5.91 Å². The van der Waals surface area contributed by atoms with E-state index in [0.29, 0.717) is 22.7 Å². The Hall–Kier alpha value is -2.63. The van der Waals surface area contributed by atoms with Crippen LogP contribution in [0, 0.1) is 5.95 Å². The van der Waals surface area contributed by atoms with Crippen molar-refractivity contribution >= 4 is 17.3 Å². The van der Waals surface area contributed by atoms with E-state index in [4.69, 9.17) is 10.5 Å². The fourth-order valence-corrected chi connectivity index (χ4v) is 1.55. The summed E-state index contributed by atoms with van der Waals surface area (Å²) in [7, 11) is 1.46. The molecule has 0 bridgehead atoms. The van der Waals surface area contributed by atoms with Gasteiger partial charge in [0.05, 0.1) is 24.6 Å². The maximum atomic E-state index is 12.7. The van der Waals surface area contributed by atoms with Crippen molar-refractivity contribution in [3.05, 3.63) is 48.0 Å². The third-order valence-corrected chi connectivity index (χ3v) is 2.45. The van der Waals surface area contributed by atoms with Crippen molar-refractivity contribution in [1.82, 2.24) is 4.98 Å². The molecule has 5 nitrogen and oxygen atoms in total. The number of rotatable bonds is 3. The first-order chi connectivity index (χ1) is 9.10. The highest BCUT2D eigenvalue weighted by Crippen LogP contribution is 2.22. The predicted molar refractivity (Wildman–Crippen MR) is 69.6 cm³/mol. The van der Waals surface area contributed by atoms with Crippen LogP contribution in [0.5, 0.6) is 5.75 Å². The summed E-state index contributed by atoms with van der Waals surface area (Å²) in [6.45, 7) is 0. The fraction of sp³-hybridized carbons (Fsp3) is 0.0769. The highest BCUT2D eigenvalue weighted by Gasteiger charge is 2.13. The van der Waals surface area contributed by atoms with Gasteiger partial charge in [-0.05, 0) is 30.3 Å². The first-order valence-corrected chi connectivity index (χ1v) is 5.46. The van der Waals surface area contributed by atoms with Crippen molar-refractivity contribution in [1.29, 1.82) is 0 Å². The minimum absolute atomic E-state index is 0.298. The molecule has 0 aliphatic carbocycles. The Morgan fingerprint density at radius 2 is 2.16 bits per heavy atom.